The van der Waals surface area contributed by atoms with Crippen molar-refractivity contribution in [1.29, 1.82) is 0 Å². The van der Waals surface area contributed by atoms with E-state index in [4.69, 9.17) is 5.73 Å². The lowest BCUT2D eigenvalue weighted by Crippen LogP contribution is -2.51. The van der Waals surface area contributed by atoms with Gasteiger partial charge in [-0.15, -0.1) is 0 Å². The maximum Gasteiger partial charge on any atom is 0.236 e. The number of nitrogens with zero attached hydrogens (tertiary/aromatic N) is 2. The molecule has 1 aliphatic rings. The standard InChI is InChI=1S/C17H21N3O3S/c18-12-17(21)20-9-7-19(8-10-20)13-24(22,23)16-6-5-14-3-1-2-4-15(14)11-16/h1-6,11H,7-10,12-13,18H2. The molecule has 128 valence electrons. The number of benzene rings is 2. The fourth-order valence-corrected chi connectivity index (χ4v) is 4.40. The Hall–Kier alpha value is -1.96. The fourth-order valence-electron chi connectivity index (χ4n) is 2.93. The third-order valence-corrected chi connectivity index (χ3v) is 6.01. The van der Waals surface area contributed by atoms with Crippen LogP contribution in [0.1, 0.15) is 0 Å². The van der Waals surface area contributed by atoms with E-state index in [1.165, 1.54) is 0 Å². The fraction of sp³-hybridized carbons (Fsp3) is 0.353. The van der Waals surface area contributed by atoms with Crippen LogP contribution in [0.2, 0.25) is 0 Å². The first kappa shape index (κ1) is 16.9. The molecule has 0 aromatic heterocycles. The van der Waals surface area contributed by atoms with Gasteiger partial charge in [-0.25, -0.2) is 8.42 Å². The molecule has 1 aliphatic heterocycles. The second-order valence-corrected chi connectivity index (χ2v) is 7.91. The van der Waals surface area contributed by atoms with E-state index in [1.54, 1.807) is 17.0 Å². The van der Waals surface area contributed by atoms with Crippen LogP contribution in [-0.2, 0) is 14.6 Å². The molecule has 1 amide bonds. The van der Waals surface area contributed by atoms with E-state index in [9.17, 15) is 13.2 Å². The molecule has 0 unspecified atom stereocenters. The molecule has 1 fully saturated rings. The van der Waals surface area contributed by atoms with Crippen LogP contribution in [0.15, 0.2) is 47.4 Å². The van der Waals surface area contributed by atoms with Crippen LogP contribution in [0.3, 0.4) is 0 Å². The van der Waals surface area contributed by atoms with Crippen molar-refractivity contribution in [2.45, 2.75) is 4.90 Å². The van der Waals surface area contributed by atoms with Gasteiger partial charge in [0.1, 0.15) is 5.88 Å². The summed E-state index contributed by atoms with van der Waals surface area (Å²) < 4.78 is 25.3. The van der Waals surface area contributed by atoms with Crippen molar-refractivity contribution in [2.24, 2.45) is 5.73 Å². The molecule has 0 bridgehead atoms. The Labute approximate surface area is 141 Å². The number of fused-ring (bicyclic) bond motifs is 1. The van der Waals surface area contributed by atoms with E-state index in [-0.39, 0.29) is 18.3 Å². The van der Waals surface area contributed by atoms with Gasteiger partial charge in [0.05, 0.1) is 11.4 Å². The van der Waals surface area contributed by atoms with Crippen LogP contribution >= 0.6 is 0 Å². The van der Waals surface area contributed by atoms with Crippen molar-refractivity contribution in [3.8, 4) is 0 Å². The molecule has 7 heteroatoms. The Bertz CT molecular complexity index is 843. The molecule has 3 rings (SSSR count). The molecule has 2 aromatic rings. The quantitative estimate of drug-likeness (QED) is 0.879. The van der Waals surface area contributed by atoms with Crippen molar-refractivity contribution in [3.05, 3.63) is 42.5 Å². The molecule has 2 N–H and O–H groups in total. The number of rotatable bonds is 4. The van der Waals surface area contributed by atoms with E-state index in [2.05, 4.69) is 0 Å². The Balaban J connectivity index is 1.71. The van der Waals surface area contributed by atoms with Gasteiger partial charge < -0.3 is 10.6 Å². The van der Waals surface area contributed by atoms with Crippen molar-refractivity contribution in [3.63, 3.8) is 0 Å². The summed E-state index contributed by atoms with van der Waals surface area (Å²) in [6.45, 7) is 2.11. The number of sulfone groups is 1. The number of hydrogen-bond acceptors (Lipinski definition) is 5. The molecule has 0 aliphatic carbocycles. The topological polar surface area (TPSA) is 83.7 Å². The highest BCUT2D eigenvalue weighted by Crippen LogP contribution is 2.20. The summed E-state index contributed by atoms with van der Waals surface area (Å²) in [5, 5.41) is 1.93. The van der Waals surface area contributed by atoms with Gasteiger partial charge in [-0.05, 0) is 22.9 Å². The van der Waals surface area contributed by atoms with Crippen LogP contribution in [0.4, 0.5) is 0 Å². The van der Waals surface area contributed by atoms with E-state index in [0.717, 1.165) is 10.8 Å². The first-order chi connectivity index (χ1) is 11.5. The van der Waals surface area contributed by atoms with E-state index < -0.39 is 9.84 Å². The summed E-state index contributed by atoms with van der Waals surface area (Å²) in [7, 11) is -3.40. The zero-order valence-electron chi connectivity index (χ0n) is 13.4. The van der Waals surface area contributed by atoms with E-state index in [0.29, 0.717) is 31.1 Å². The Morgan fingerprint density at radius 2 is 1.67 bits per heavy atom. The molecule has 2 aromatic carbocycles. The highest BCUT2D eigenvalue weighted by atomic mass is 32.2. The van der Waals surface area contributed by atoms with E-state index in [1.807, 2.05) is 35.2 Å². The molecule has 24 heavy (non-hydrogen) atoms. The maximum atomic E-state index is 12.7. The minimum Gasteiger partial charge on any atom is -0.339 e. The molecule has 6 nitrogen and oxygen atoms in total. The number of piperazine rings is 1. The zero-order chi connectivity index (χ0) is 17.2. The van der Waals surface area contributed by atoms with Gasteiger partial charge in [0.2, 0.25) is 5.91 Å². The molecule has 0 spiro atoms. The summed E-state index contributed by atoms with van der Waals surface area (Å²) in [6.07, 6.45) is 0. The third kappa shape index (κ3) is 3.58. The second-order valence-electron chi connectivity index (χ2n) is 5.96. The molecule has 1 saturated heterocycles. The van der Waals surface area contributed by atoms with Gasteiger partial charge in [-0.2, -0.15) is 0 Å². The number of carbonyl (C=O) groups excluding carboxylic acids is 1. The normalized spacial score (nSPS) is 16.5. The highest BCUT2D eigenvalue weighted by Gasteiger charge is 2.25. The van der Waals surface area contributed by atoms with Crippen LogP contribution < -0.4 is 5.73 Å². The van der Waals surface area contributed by atoms with Crippen LogP contribution in [0.25, 0.3) is 10.8 Å². The number of amides is 1. The summed E-state index contributed by atoms with van der Waals surface area (Å²) in [5.74, 6) is -0.122. The van der Waals surface area contributed by atoms with Gasteiger partial charge in [0, 0.05) is 26.2 Å². The lowest BCUT2D eigenvalue weighted by molar-refractivity contribution is -0.131. The highest BCUT2D eigenvalue weighted by molar-refractivity contribution is 7.91. The maximum absolute atomic E-state index is 12.7. The van der Waals surface area contributed by atoms with Crippen molar-refractivity contribution >= 4 is 26.5 Å². The molecular formula is C17H21N3O3S. The number of carbonyl (C=O) groups is 1. The molecule has 0 radical (unpaired) electrons. The number of hydrogen-bond donors (Lipinski definition) is 1. The Kier molecular flexibility index (Phi) is 4.84. The van der Waals surface area contributed by atoms with Gasteiger partial charge in [0.15, 0.2) is 9.84 Å². The monoisotopic (exact) mass is 347 g/mol. The van der Waals surface area contributed by atoms with Crippen molar-refractivity contribution in [2.75, 3.05) is 38.6 Å². The van der Waals surface area contributed by atoms with Gasteiger partial charge in [-0.3, -0.25) is 9.69 Å². The Morgan fingerprint density at radius 1 is 1.00 bits per heavy atom. The van der Waals surface area contributed by atoms with Gasteiger partial charge in [-0.1, -0.05) is 30.3 Å². The first-order valence-corrected chi connectivity index (χ1v) is 9.56. The second kappa shape index (κ2) is 6.88. The molecule has 0 atom stereocenters. The SMILES string of the molecule is NCC(=O)N1CCN(CS(=O)(=O)c2ccc3ccccc3c2)CC1. The van der Waals surface area contributed by atoms with Crippen LogP contribution in [0.5, 0.6) is 0 Å². The lowest BCUT2D eigenvalue weighted by atomic mass is 10.1. The van der Waals surface area contributed by atoms with Crippen molar-refractivity contribution < 1.29 is 13.2 Å². The molecule has 1 heterocycles. The van der Waals surface area contributed by atoms with Crippen LogP contribution in [-0.4, -0.2) is 62.7 Å². The zero-order valence-corrected chi connectivity index (χ0v) is 14.2. The smallest absolute Gasteiger partial charge is 0.236 e. The van der Waals surface area contributed by atoms with Crippen molar-refractivity contribution in [1.82, 2.24) is 9.80 Å². The van der Waals surface area contributed by atoms with E-state index >= 15 is 0 Å². The molecule has 0 saturated carbocycles. The van der Waals surface area contributed by atoms with Crippen LogP contribution in [0, 0.1) is 0 Å². The average molecular weight is 347 g/mol. The third-order valence-electron chi connectivity index (χ3n) is 4.33. The summed E-state index contributed by atoms with van der Waals surface area (Å²) in [6, 6.07) is 12.9. The summed E-state index contributed by atoms with van der Waals surface area (Å²) in [4.78, 5) is 15.4. The largest absolute Gasteiger partial charge is 0.339 e. The summed E-state index contributed by atoms with van der Waals surface area (Å²) >= 11 is 0. The van der Waals surface area contributed by atoms with Gasteiger partial charge in [0.25, 0.3) is 0 Å². The molecular weight excluding hydrogens is 326 g/mol. The summed E-state index contributed by atoms with van der Waals surface area (Å²) in [5.41, 5.74) is 5.36. The predicted octanol–water partition coefficient (Wildman–Crippen LogP) is 0.674. The lowest BCUT2D eigenvalue weighted by Gasteiger charge is -2.34. The minimum atomic E-state index is -3.40. The van der Waals surface area contributed by atoms with Gasteiger partial charge >= 0.3 is 0 Å². The Morgan fingerprint density at radius 3 is 2.33 bits per heavy atom. The number of nitrogens with two attached hydrogens (primary N) is 1. The first-order valence-electron chi connectivity index (χ1n) is 7.91. The average Bonchev–Trinajstić information content (AvgIpc) is 2.61. The minimum absolute atomic E-state index is 0.00458. The predicted molar refractivity (Wildman–Crippen MR) is 93.2 cm³/mol.